The van der Waals surface area contributed by atoms with E-state index in [0.29, 0.717) is 17.2 Å². The van der Waals surface area contributed by atoms with Gasteiger partial charge >= 0.3 is 0 Å². The van der Waals surface area contributed by atoms with E-state index >= 15 is 0 Å². The molecule has 0 unspecified atom stereocenters. The molecule has 3 heterocycles. The Morgan fingerprint density at radius 3 is 3.13 bits per heavy atom. The van der Waals surface area contributed by atoms with E-state index in [9.17, 15) is 0 Å². The van der Waals surface area contributed by atoms with Crippen molar-refractivity contribution in [1.82, 2.24) is 19.6 Å². The van der Waals surface area contributed by atoms with Gasteiger partial charge in [0.1, 0.15) is 0 Å². The highest BCUT2D eigenvalue weighted by atomic mass is 16.3. The van der Waals surface area contributed by atoms with Crippen LogP contribution in [0.25, 0.3) is 17.2 Å². The largest absolute Gasteiger partial charge is 0.461 e. The van der Waals surface area contributed by atoms with Crippen molar-refractivity contribution >= 4 is 11.6 Å². The molecule has 2 N–H and O–H groups in total. The van der Waals surface area contributed by atoms with Gasteiger partial charge in [-0.1, -0.05) is 0 Å². The summed E-state index contributed by atoms with van der Waals surface area (Å²) in [6.45, 7) is 0. The molecule has 6 heteroatoms. The average Bonchev–Trinajstić information content (AvgIpc) is 2.86. The lowest BCUT2D eigenvalue weighted by Crippen LogP contribution is -2.00. The molecule has 3 aromatic rings. The fourth-order valence-corrected chi connectivity index (χ4v) is 1.30. The van der Waals surface area contributed by atoms with Gasteiger partial charge in [-0.3, -0.25) is 0 Å². The zero-order chi connectivity index (χ0) is 10.3. The molecule has 0 atom stereocenters. The van der Waals surface area contributed by atoms with Gasteiger partial charge in [0.05, 0.1) is 12.5 Å². The van der Waals surface area contributed by atoms with Crippen LogP contribution in [-0.2, 0) is 0 Å². The van der Waals surface area contributed by atoms with Gasteiger partial charge in [-0.15, -0.1) is 5.10 Å². The molecular formula is C9H6N5O. The van der Waals surface area contributed by atoms with Crippen LogP contribution in [0.2, 0.25) is 0 Å². The predicted molar refractivity (Wildman–Crippen MR) is 51.7 cm³/mol. The second kappa shape index (κ2) is 2.81. The van der Waals surface area contributed by atoms with Crippen LogP contribution in [0, 0.1) is 6.20 Å². The Morgan fingerprint density at radius 1 is 1.47 bits per heavy atom. The van der Waals surface area contributed by atoms with E-state index in [4.69, 9.17) is 10.2 Å². The lowest BCUT2D eigenvalue weighted by Gasteiger charge is -1.92. The Hall–Kier alpha value is -2.37. The number of rotatable bonds is 1. The molecular weight excluding hydrogens is 194 g/mol. The van der Waals surface area contributed by atoms with E-state index in [1.54, 1.807) is 24.5 Å². The van der Waals surface area contributed by atoms with Gasteiger partial charge in [-0.05, 0) is 12.1 Å². The fourth-order valence-electron chi connectivity index (χ4n) is 1.30. The molecule has 15 heavy (non-hydrogen) atoms. The second-order valence-electron chi connectivity index (χ2n) is 2.93. The number of aromatic nitrogens is 4. The minimum Gasteiger partial charge on any atom is -0.461 e. The third-order valence-electron chi connectivity index (χ3n) is 1.96. The number of anilines is 1. The van der Waals surface area contributed by atoms with Crippen molar-refractivity contribution in [3.05, 3.63) is 30.7 Å². The number of nitrogen functional groups attached to an aromatic ring is 1. The average molecular weight is 200 g/mol. The maximum atomic E-state index is 5.61. The van der Waals surface area contributed by atoms with Crippen LogP contribution >= 0.6 is 0 Å². The molecule has 3 rings (SSSR count). The van der Waals surface area contributed by atoms with Gasteiger partial charge in [-0.2, -0.15) is 4.52 Å². The second-order valence-corrected chi connectivity index (χ2v) is 2.93. The van der Waals surface area contributed by atoms with Crippen molar-refractivity contribution in [3.63, 3.8) is 0 Å². The van der Waals surface area contributed by atoms with E-state index in [0.717, 1.165) is 0 Å². The summed E-state index contributed by atoms with van der Waals surface area (Å²) in [6, 6.07) is 5.16. The van der Waals surface area contributed by atoms with Crippen molar-refractivity contribution in [3.8, 4) is 11.6 Å². The van der Waals surface area contributed by atoms with Crippen LogP contribution in [0.1, 0.15) is 0 Å². The molecule has 0 fully saturated rings. The van der Waals surface area contributed by atoms with Crippen molar-refractivity contribution in [2.45, 2.75) is 0 Å². The molecule has 0 aromatic carbocycles. The maximum Gasteiger partial charge on any atom is 0.223 e. The molecule has 3 aromatic heterocycles. The van der Waals surface area contributed by atoms with Crippen LogP contribution in [0.3, 0.4) is 0 Å². The molecule has 0 saturated carbocycles. The van der Waals surface area contributed by atoms with Gasteiger partial charge in [0.25, 0.3) is 0 Å². The smallest absolute Gasteiger partial charge is 0.223 e. The molecule has 0 saturated heterocycles. The summed E-state index contributed by atoms with van der Waals surface area (Å²) in [6.07, 6.45) is 4.20. The number of furan rings is 1. The Balaban J connectivity index is 2.27. The van der Waals surface area contributed by atoms with Crippen LogP contribution in [-0.4, -0.2) is 19.6 Å². The third-order valence-corrected chi connectivity index (χ3v) is 1.96. The number of hydrogen-bond donors (Lipinski definition) is 1. The molecule has 0 aliphatic carbocycles. The zero-order valence-electron chi connectivity index (χ0n) is 7.58. The van der Waals surface area contributed by atoms with Gasteiger partial charge in [-0.25, -0.2) is 9.97 Å². The SMILES string of the molecule is Nc1n[c]cc2nc(-c3ccco3)nn12. The molecule has 0 spiro atoms. The topological polar surface area (TPSA) is 82.2 Å². The molecule has 0 aliphatic rings. The van der Waals surface area contributed by atoms with Crippen molar-refractivity contribution in [1.29, 1.82) is 0 Å². The predicted octanol–water partition coefficient (Wildman–Crippen LogP) is 0.767. The number of fused-ring (bicyclic) bond motifs is 1. The van der Waals surface area contributed by atoms with E-state index in [-0.39, 0.29) is 5.95 Å². The van der Waals surface area contributed by atoms with Gasteiger partial charge in [0, 0.05) is 6.07 Å². The highest BCUT2D eigenvalue weighted by Gasteiger charge is 2.09. The maximum absolute atomic E-state index is 5.61. The Morgan fingerprint density at radius 2 is 2.40 bits per heavy atom. The summed E-state index contributed by atoms with van der Waals surface area (Å²) in [4.78, 5) is 8.01. The summed E-state index contributed by atoms with van der Waals surface area (Å²) in [7, 11) is 0. The fraction of sp³-hybridized carbons (Fsp3) is 0. The number of hydrogen-bond acceptors (Lipinski definition) is 5. The summed E-state index contributed by atoms with van der Waals surface area (Å²) in [5.41, 5.74) is 6.20. The lowest BCUT2D eigenvalue weighted by molar-refractivity contribution is 0.577. The molecule has 1 radical (unpaired) electrons. The minimum atomic E-state index is 0.248. The highest BCUT2D eigenvalue weighted by molar-refractivity contribution is 5.53. The van der Waals surface area contributed by atoms with Gasteiger partial charge in [0.15, 0.2) is 11.4 Å². The summed E-state index contributed by atoms with van der Waals surface area (Å²) >= 11 is 0. The summed E-state index contributed by atoms with van der Waals surface area (Å²) in [5, 5.41) is 4.16. The van der Waals surface area contributed by atoms with Crippen LogP contribution in [0.15, 0.2) is 28.9 Å². The van der Waals surface area contributed by atoms with Crippen LogP contribution in [0.4, 0.5) is 5.95 Å². The van der Waals surface area contributed by atoms with Crippen molar-refractivity contribution in [2.24, 2.45) is 0 Å². The zero-order valence-corrected chi connectivity index (χ0v) is 7.58. The first-order valence-corrected chi connectivity index (χ1v) is 4.28. The van der Waals surface area contributed by atoms with Gasteiger partial charge < -0.3 is 10.2 Å². The molecule has 0 bridgehead atoms. The first-order chi connectivity index (χ1) is 7.34. The Kier molecular flexibility index (Phi) is 1.49. The lowest BCUT2D eigenvalue weighted by atomic mass is 10.4. The molecule has 73 valence electrons. The number of nitrogens with two attached hydrogens (primary N) is 1. The highest BCUT2D eigenvalue weighted by Crippen LogP contribution is 2.16. The minimum absolute atomic E-state index is 0.248. The summed E-state index contributed by atoms with van der Waals surface area (Å²) < 4.78 is 6.62. The van der Waals surface area contributed by atoms with Crippen molar-refractivity contribution < 1.29 is 4.42 Å². The monoisotopic (exact) mass is 200 g/mol. The normalized spacial score (nSPS) is 10.9. The van der Waals surface area contributed by atoms with Crippen LogP contribution in [0.5, 0.6) is 0 Å². The Labute approximate surface area is 84.4 Å². The quantitative estimate of drug-likeness (QED) is 0.627. The molecule has 0 aliphatic heterocycles. The van der Waals surface area contributed by atoms with E-state index in [2.05, 4.69) is 21.3 Å². The van der Waals surface area contributed by atoms with E-state index in [1.165, 1.54) is 4.52 Å². The first kappa shape index (κ1) is 7.98. The number of nitrogens with zero attached hydrogens (tertiary/aromatic N) is 4. The Bertz CT molecular complexity index is 598. The van der Waals surface area contributed by atoms with Crippen LogP contribution < -0.4 is 5.73 Å². The van der Waals surface area contributed by atoms with Crippen molar-refractivity contribution in [2.75, 3.05) is 5.73 Å². The standard InChI is InChI=1S/C9H6N5O/c10-9-11-4-3-7-12-8(13-14(7)9)6-2-1-5-15-6/h1-3,5H,(H2,10,11). The van der Waals surface area contributed by atoms with E-state index < -0.39 is 0 Å². The molecule has 0 amide bonds. The van der Waals surface area contributed by atoms with Gasteiger partial charge in [0.2, 0.25) is 11.8 Å². The molecule has 6 nitrogen and oxygen atoms in total. The third kappa shape index (κ3) is 1.15. The summed E-state index contributed by atoms with van der Waals surface area (Å²) in [5.74, 6) is 1.32. The van der Waals surface area contributed by atoms with E-state index in [1.807, 2.05) is 0 Å². The first-order valence-electron chi connectivity index (χ1n) is 4.28.